The van der Waals surface area contributed by atoms with Crippen LogP contribution >= 0.6 is 0 Å². The molecule has 184 valence electrons. The Hall–Kier alpha value is 0. The Bertz CT molecular complexity index is 301. The summed E-state index contributed by atoms with van der Waals surface area (Å²) in [6, 6.07) is 0. The maximum atomic E-state index is 2.39. The van der Waals surface area contributed by atoms with Gasteiger partial charge in [-0.25, -0.2) is 0 Å². The standard InChI is InChI=1S/C24H44.C3H8.3CH4/c1-3-19-5-9-21(10-6-19)17-23-13-15-24(16-14-23)18-22-11-7-20(4-2)8-12-22;1-3-2;;;/h19-24H,3-18H2,1-2H3;3H2,1-2H3;3*1H4. The van der Waals surface area contributed by atoms with Gasteiger partial charge in [0.2, 0.25) is 0 Å². The zero-order valence-electron chi connectivity index (χ0n) is 19.5. The first kappa shape index (κ1) is 32.2. The summed E-state index contributed by atoms with van der Waals surface area (Å²) in [6.45, 7) is 9.03. The molecular weight excluding hydrogens is 360 g/mol. The van der Waals surface area contributed by atoms with Crippen LogP contribution in [0.5, 0.6) is 0 Å². The van der Waals surface area contributed by atoms with E-state index in [0.29, 0.717) is 0 Å². The quantitative estimate of drug-likeness (QED) is 0.397. The van der Waals surface area contributed by atoms with E-state index in [1.807, 2.05) is 0 Å². The van der Waals surface area contributed by atoms with Gasteiger partial charge in [-0.3, -0.25) is 0 Å². The third kappa shape index (κ3) is 11.6. The molecule has 0 aromatic rings. The molecule has 3 aliphatic rings. The minimum Gasteiger partial charge on any atom is -0.0776 e. The van der Waals surface area contributed by atoms with Crippen LogP contribution in [0.3, 0.4) is 0 Å². The van der Waals surface area contributed by atoms with Crippen LogP contribution in [0.1, 0.15) is 159 Å². The highest BCUT2D eigenvalue weighted by Gasteiger charge is 2.28. The molecule has 0 heteroatoms. The molecular formula is C30H64. The van der Waals surface area contributed by atoms with Gasteiger partial charge < -0.3 is 0 Å². The van der Waals surface area contributed by atoms with Gasteiger partial charge in [-0.1, -0.05) is 146 Å². The number of rotatable bonds is 6. The van der Waals surface area contributed by atoms with Gasteiger partial charge in [-0.05, 0) is 48.3 Å². The number of hydrogen-bond acceptors (Lipinski definition) is 0. The third-order valence-corrected chi connectivity index (χ3v) is 8.39. The molecule has 3 saturated carbocycles. The van der Waals surface area contributed by atoms with Crippen molar-refractivity contribution < 1.29 is 0 Å². The van der Waals surface area contributed by atoms with E-state index in [1.54, 1.807) is 64.2 Å². The molecule has 30 heavy (non-hydrogen) atoms. The number of hydrogen-bond donors (Lipinski definition) is 0. The summed E-state index contributed by atoms with van der Waals surface area (Å²) in [6.07, 6.45) is 25.9. The van der Waals surface area contributed by atoms with Crippen molar-refractivity contribution in [3.05, 3.63) is 0 Å². The van der Waals surface area contributed by atoms with Gasteiger partial charge in [0.1, 0.15) is 0 Å². The predicted octanol–water partition coefficient (Wildman–Crippen LogP) is 11.3. The fourth-order valence-corrected chi connectivity index (χ4v) is 6.40. The second kappa shape index (κ2) is 18.6. The SMILES string of the molecule is C.C.C.CCC.CCC1CCC(CC2CCC(CC3CCC(CC)CC3)CC2)CC1. The normalized spacial score (nSPS) is 33.6. The second-order valence-electron chi connectivity index (χ2n) is 10.7. The van der Waals surface area contributed by atoms with Crippen molar-refractivity contribution in [2.24, 2.45) is 35.5 Å². The summed E-state index contributed by atoms with van der Waals surface area (Å²) in [5, 5.41) is 0. The summed E-state index contributed by atoms with van der Waals surface area (Å²) in [5.41, 5.74) is 0. The van der Waals surface area contributed by atoms with Crippen LogP contribution in [0.25, 0.3) is 0 Å². The lowest BCUT2D eigenvalue weighted by atomic mass is 9.70. The van der Waals surface area contributed by atoms with Gasteiger partial charge in [0.05, 0.1) is 0 Å². The van der Waals surface area contributed by atoms with E-state index in [1.165, 1.54) is 44.9 Å². The monoisotopic (exact) mass is 425 g/mol. The summed E-state index contributed by atoms with van der Waals surface area (Å²) in [4.78, 5) is 0. The van der Waals surface area contributed by atoms with Crippen molar-refractivity contribution in [1.82, 2.24) is 0 Å². The highest BCUT2D eigenvalue weighted by molar-refractivity contribution is 4.81. The minimum atomic E-state index is 0. The van der Waals surface area contributed by atoms with E-state index in [9.17, 15) is 0 Å². The van der Waals surface area contributed by atoms with Crippen LogP contribution in [-0.4, -0.2) is 0 Å². The van der Waals surface area contributed by atoms with Gasteiger partial charge in [-0.2, -0.15) is 0 Å². The molecule has 0 atom stereocenters. The first-order chi connectivity index (χ1) is 13.2. The molecule has 0 radical (unpaired) electrons. The first-order valence-electron chi connectivity index (χ1n) is 13.2. The maximum Gasteiger partial charge on any atom is -0.0411 e. The van der Waals surface area contributed by atoms with Crippen molar-refractivity contribution in [2.75, 3.05) is 0 Å². The van der Waals surface area contributed by atoms with Crippen LogP contribution in [-0.2, 0) is 0 Å². The molecule has 0 spiro atoms. The van der Waals surface area contributed by atoms with Crippen molar-refractivity contribution in [1.29, 1.82) is 0 Å². The summed E-state index contributed by atoms with van der Waals surface area (Å²) in [5.74, 6) is 6.53. The Balaban J connectivity index is 0. The Labute approximate surface area is 194 Å². The topological polar surface area (TPSA) is 0 Å². The zero-order chi connectivity index (χ0) is 19.5. The van der Waals surface area contributed by atoms with Gasteiger partial charge in [0.15, 0.2) is 0 Å². The highest BCUT2D eigenvalue weighted by Crippen LogP contribution is 2.42. The summed E-state index contributed by atoms with van der Waals surface area (Å²) in [7, 11) is 0. The van der Waals surface area contributed by atoms with Gasteiger partial charge in [0, 0.05) is 0 Å². The zero-order valence-corrected chi connectivity index (χ0v) is 19.5. The molecule has 0 nitrogen and oxygen atoms in total. The van der Waals surface area contributed by atoms with Crippen LogP contribution in [0, 0.1) is 35.5 Å². The molecule has 0 aromatic heterocycles. The van der Waals surface area contributed by atoms with Crippen molar-refractivity contribution in [2.45, 2.75) is 159 Å². The van der Waals surface area contributed by atoms with E-state index in [4.69, 9.17) is 0 Å². The van der Waals surface area contributed by atoms with E-state index in [-0.39, 0.29) is 22.3 Å². The summed E-state index contributed by atoms with van der Waals surface area (Å²) >= 11 is 0. The largest absolute Gasteiger partial charge is 0.0776 e. The Morgan fingerprint density at radius 3 is 0.700 bits per heavy atom. The van der Waals surface area contributed by atoms with Crippen LogP contribution in [0.2, 0.25) is 0 Å². The smallest absolute Gasteiger partial charge is 0.0411 e. The minimum absolute atomic E-state index is 0. The molecule has 3 fully saturated rings. The van der Waals surface area contributed by atoms with E-state index >= 15 is 0 Å². The third-order valence-electron chi connectivity index (χ3n) is 8.39. The lowest BCUT2D eigenvalue weighted by Crippen LogP contribution is -2.23. The molecule has 3 rings (SSSR count). The Morgan fingerprint density at radius 2 is 0.533 bits per heavy atom. The lowest BCUT2D eigenvalue weighted by Gasteiger charge is -2.36. The fourth-order valence-electron chi connectivity index (χ4n) is 6.40. The van der Waals surface area contributed by atoms with Crippen LogP contribution in [0.4, 0.5) is 0 Å². The average molecular weight is 425 g/mol. The maximum absolute atomic E-state index is 2.39. The molecule has 0 amide bonds. The van der Waals surface area contributed by atoms with Crippen LogP contribution in [0.15, 0.2) is 0 Å². The molecule has 0 saturated heterocycles. The molecule has 0 N–H and O–H groups in total. The predicted molar refractivity (Wildman–Crippen MR) is 142 cm³/mol. The van der Waals surface area contributed by atoms with Gasteiger partial charge >= 0.3 is 0 Å². The fraction of sp³-hybridized carbons (Fsp3) is 1.00. The molecule has 0 bridgehead atoms. The Morgan fingerprint density at radius 1 is 0.367 bits per heavy atom. The van der Waals surface area contributed by atoms with Gasteiger partial charge in [0.25, 0.3) is 0 Å². The Kier molecular flexibility index (Phi) is 19.9. The first-order valence-corrected chi connectivity index (χ1v) is 13.2. The molecule has 0 heterocycles. The second-order valence-corrected chi connectivity index (χ2v) is 10.7. The van der Waals surface area contributed by atoms with Crippen molar-refractivity contribution >= 4 is 0 Å². The van der Waals surface area contributed by atoms with E-state index < -0.39 is 0 Å². The molecule has 3 aliphatic carbocycles. The van der Waals surface area contributed by atoms with Crippen molar-refractivity contribution in [3.63, 3.8) is 0 Å². The molecule has 0 aromatic carbocycles. The van der Waals surface area contributed by atoms with Gasteiger partial charge in [-0.15, -0.1) is 0 Å². The average Bonchev–Trinajstić information content (AvgIpc) is 2.71. The lowest BCUT2D eigenvalue weighted by molar-refractivity contribution is 0.163. The van der Waals surface area contributed by atoms with E-state index in [2.05, 4.69) is 27.7 Å². The summed E-state index contributed by atoms with van der Waals surface area (Å²) < 4.78 is 0. The molecule has 0 unspecified atom stereocenters. The highest BCUT2D eigenvalue weighted by atomic mass is 14.3. The van der Waals surface area contributed by atoms with Crippen LogP contribution < -0.4 is 0 Å². The molecule has 0 aliphatic heterocycles. The van der Waals surface area contributed by atoms with Crippen molar-refractivity contribution in [3.8, 4) is 0 Å². The van der Waals surface area contributed by atoms with E-state index in [0.717, 1.165) is 35.5 Å².